The molecule has 0 spiro atoms. The van der Waals surface area contributed by atoms with Gasteiger partial charge in [0.1, 0.15) is 0 Å². The molecule has 156 valence electrons. The first-order valence-electron chi connectivity index (χ1n) is 10.5. The molecule has 0 saturated heterocycles. The van der Waals surface area contributed by atoms with E-state index < -0.39 is 0 Å². The van der Waals surface area contributed by atoms with E-state index >= 15 is 0 Å². The third-order valence-corrected chi connectivity index (χ3v) is 5.08. The molecule has 1 amide bonds. The molecule has 0 aliphatic carbocycles. The number of hydrogen-bond donors (Lipinski definition) is 1. The fourth-order valence-corrected chi connectivity index (χ4v) is 3.70. The van der Waals surface area contributed by atoms with Gasteiger partial charge in [0.15, 0.2) is 0 Å². The largest absolute Gasteiger partial charge is 0.461 e. The van der Waals surface area contributed by atoms with Crippen molar-refractivity contribution in [2.45, 2.75) is 46.5 Å². The van der Waals surface area contributed by atoms with Gasteiger partial charge in [-0.3, -0.25) is 4.79 Å². The van der Waals surface area contributed by atoms with E-state index in [1.54, 1.807) is 24.3 Å². The summed E-state index contributed by atoms with van der Waals surface area (Å²) in [7, 11) is 0. The maximum absolute atomic E-state index is 12.6. The van der Waals surface area contributed by atoms with Crippen LogP contribution in [-0.4, -0.2) is 25.0 Å². The Morgan fingerprint density at radius 3 is 2.10 bits per heavy atom. The zero-order chi connectivity index (χ0) is 21.1. The number of ether oxygens (including phenoxy) is 1. The van der Waals surface area contributed by atoms with Crippen LogP contribution in [-0.2, 0) is 4.74 Å². The van der Waals surface area contributed by atoms with Crippen molar-refractivity contribution in [1.82, 2.24) is 5.32 Å². The molecule has 2 aromatic rings. The molecule has 0 heterocycles. The molecule has 0 aromatic heterocycles. The van der Waals surface area contributed by atoms with Crippen molar-refractivity contribution in [2.75, 3.05) is 13.2 Å². The number of amides is 1. The van der Waals surface area contributed by atoms with E-state index in [1.165, 1.54) is 0 Å². The van der Waals surface area contributed by atoms with Crippen LogP contribution in [0.2, 0.25) is 0 Å². The summed E-state index contributed by atoms with van der Waals surface area (Å²) in [6, 6.07) is 18.3. The Labute approximate surface area is 174 Å². The average molecular weight is 396 g/mol. The Kier molecular flexibility index (Phi) is 8.91. The average Bonchev–Trinajstić information content (AvgIpc) is 2.75. The van der Waals surface area contributed by atoms with Gasteiger partial charge in [-0.15, -0.1) is 0 Å². The van der Waals surface area contributed by atoms with Gasteiger partial charge in [0, 0.05) is 17.5 Å². The Morgan fingerprint density at radius 1 is 0.966 bits per heavy atom. The molecule has 2 aromatic carbocycles. The summed E-state index contributed by atoms with van der Waals surface area (Å²) in [6.45, 7) is 7.27. The Bertz CT molecular complexity index is 701. The molecule has 0 fully saturated rings. The summed E-state index contributed by atoms with van der Waals surface area (Å²) in [6.07, 6.45) is 3.86. The van der Waals surface area contributed by atoms with Crippen LogP contribution in [0.5, 0.6) is 0 Å². The number of esters is 1. The number of nitrogens with one attached hydrogen (secondary N) is 1. The number of carbonyl (C=O) groups excluding carboxylic acids is 2. The summed E-state index contributed by atoms with van der Waals surface area (Å²) in [4.78, 5) is 25.1. The first-order chi connectivity index (χ1) is 14.0. The van der Waals surface area contributed by atoms with Crippen LogP contribution in [0, 0.1) is 11.3 Å². The first-order valence-corrected chi connectivity index (χ1v) is 10.5. The van der Waals surface area contributed by atoms with Gasteiger partial charge in [-0.05, 0) is 43.0 Å². The minimum absolute atomic E-state index is 0.0929. The molecule has 1 N–H and O–H groups in total. The molecule has 0 bridgehead atoms. The molecule has 4 heteroatoms. The highest BCUT2D eigenvalue weighted by molar-refractivity contribution is 5.94. The second kappa shape index (κ2) is 11.4. The SMILES string of the molecule is CCCCC(CNC(=O)c1ccccc1)(COC(=O)c1ccccc1)CC(C)C. The van der Waals surface area contributed by atoms with Crippen LogP contribution in [0.25, 0.3) is 0 Å². The highest BCUT2D eigenvalue weighted by atomic mass is 16.5. The summed E-state index contributed by atoms with van der Waals surface area (Å²) in [5.74, 6) is 0.0186. The normalized spacial score (nSPS) is 13.0. The number of benzene rings is 2. The van der Waals surface area contributed by atoms with Crippen LogP contribution in [0.15, 0.2) is 60.7 Å². The highest BCUT2D eigenvalue weighted by Crippen LogP contribution is 2.33. The Balaban J connectivity index is 2.12. The standard InChI is InChI=1S/C25H33NO3/c1-4-5-16-25(17-20(2)3,18-26-23(27)21-12-8-6-9-13-21)19-29-24(28)22-14-10-7-11-15-22/h6-15,20H,4-5,16-19H2,1-3H3,(H,26,27). The van der Waals surface area contributed by atoms with Crippen molar-refractivity contribution in [3.8, 4) is 0 Å². The Morgan fingerprint density at radius 2 is 1.55 bits per heavy atom. The molecule has 0 aliphatic heterocycles. The molecule has 1 atom stereocenters. The van der Waals surface area contributed by atoms with Crippen LogP contribution in [0.1, 0.15) is 67.2 Å². The van der Waals surface area contributed by atoms with Gasteiger partial charge in [0.25, 0.3) is 5.91 Å². The van der Waals surface area contributed by atoms with E-state index in [0.717, 1.165) is 25.7 Å². The molecule has 1 unspecified atom stereocenters. The number of hydrogen-bond acceptors (Lipinski definition) is 3. The lowest BCUT2D eigenvalue weighted by molar-refractivity contribution is 0.0193. The van der Waals surface area contributed by atoms with Crippen molar-refractivity contribution in [1.29, 1.82) is 0 Å². The van der Waals surface area contributed by atoms with E-state index in [1.807, 2.05) is 36.4 Å². The Hall–Kier alpha value is -2.62. The lowest BCUT2D eigenvalue weighted by Crippen LogP contribution is -2.42. The molecule has 0 radical (unpaired) electrons. The fraction of sp³-hybridized carbons (Fsp3) is 0.440. The first kappa shape index (κ1) is 22.7. The third-order valence-electron chi connectivity index (χ3n) is 5.08. The van der Waals surface area contributed by atoms with Crippen molar-refractivity contribution >= 4 is 11.9 Å². The van der Waals surface area contributed by atoms with Crippen LogP contribution >= 0.6 is 0 Å². The summed E-state index contributed by atoms with van der Waals surface area (Å²) >= 11 is 0. The van der Waals surface area contributed by atoms with E-state index in [0.29, 0.717) is 30.2 Å². The zero-order valence-corrected chi connectivity index (χ0v) is 17.8. The number of carbonyl (C=O) groups is 2. The topological polar surface area (TPSA) is 55.4 Å². The zero-order valence-electron chi connectivity index (χ0n) is 17.8. The predicted molar refractivity (Wildman–Crippen MR) is 117 cm³/mol. The van der Waals surface area contributed by atoms with E-state index in [-0.39, 0.29) is 17.3 Å². The van der Waals surface area contributed by atoms with Crippen LogP contribution < -0.4 is 5.32 Å². The van der Waals surface area contributed by atoms with Gasteiger partial charge < -0.3 is 10.1 Å². The fourth-order valence-electron chi connectivity index (χ4n) is 3.70. The second-order valence-electron chi connectivity index (χ2n) is 8.19. The van der Waals surface area contributed by atoms with Gasteiger partial charge in [-0.1, -0.05) is 70.0 Å². The van der Waals surface area contributed by atoms with E-state index in [4.69, 9.17) is 4.74 Å². The monoisotopic (exact) mass is 395 g/mol. The molecule has 2 rings (SSSR count). The van der Waals surface area contributed by atoms with Gasteiger partial charge >= 0.3 is 5.97 Å². The smallest absolute Gasteiger partial charge is 0.338 e. The lowest BCUT2D eigenvalue weighted by atomic mass is 9.76. The molecular formula is C25H33NO3. The van der Waals surface area contributed by atoms with Crippen molar-refractivity contribution in [3.05, 3.63) is 71.8 Å². The minimum atomic E-state index is -0.315. The molecule has 29 heavy (non-hydrogen) atoms. The highest BCUT2D eigenvalue weighted by Gasteiger charge is 2.33. The van der Waals surface area contributed by atoms with Crippen molar-refractivity contribution in [2.24, 2.45) is 11.3 Å². The summed E-state index contributed by atoms with van der Waals surface area (Å²) < 4.78 is 5.74. The summed E-state index contributed by atoms with van der Waals surface area (Å²) in [5, 5.41) is 3.09. The molecular weight excluding hydrogens is 362 g/mol. The maximum atomic E-state index is 12.6. The van der Waals surface area contributed by atoms with E-state index in [2.05, 4.69) is 26.1 Å². The summed E-state index contributed by atoms with van der Waals surface area (Å²) in [5.41, 5.74) is 0.913. The van der Waals surface area contributed by atoms with Crippen molar-refractivity contribution in [3.63, 3.8) is 0 Å². The van der Waals surface area contributed by atoms with Crippen LogP contribution in [0.3, 0.4) is 0 Å². The van der Waals surface area contributed by atoms with E-state index in [9.17, 15) is 9.59 Å². The van der Waals surface area contributed by atoms with Gasteiger partial charge in [0.2, 0.25) is 0 Å². The quantitative estimate of drug-likeness (QED) is 0.511. The molecule has 0 aliphatic rings. The molecule has 4 nitrogen and oxygen atoms in total. The van der Waals surface area contributed by atoms with Crippen molar-refractivity contribution < 1.29 is 14.3 Å². The van der Waals surface area contributed by atoms with Crippen LogP contribution in [0.4, 0.5) is 0 Å². The second-order valence-corrected chi connectivity index (χ2v) is 8.19. The predicted octanol–water partition coefficient (Wildman–Crippen LogP) is 5.50. The number of unbranched alkanes of at least 4 members (excludes halogenated alkanes) is 1. The molecule has 0 saturated carbocycles. The minimum Gasteiger partial charge on any atom is -0.461 e. The van der Waals surface area contributed by atoms with Gasteiger partial charge in [-0.25, -0.2) is 4.79 Å². The maximum Gasteiger partial charge on any atom is 0.338 e. The third kappa shape index (κ3) is 7.37. The van der Waals surface area contributed by atoms with Gasteiger partial charge in [-0.2, -0.15) is 0 Å². The number of rotatable bonds is 11. The van der Waals surface area contributed by atoms with Gasteiger partial charge in [0.05, 0.1) is 12.2 Å². The lowest BCUT2D eigenvalue weighted by Gasteiger charge is -2.35.